The summed E-state index contributed by atoms with van der Waals surface area (Å²) in [5.74, 6) is 7.80. The summed E-state index contributed by atoms with van der Waals surface area (Å²) in [5.41, 5.74) is 1.01. The summed E-state index contributed by atoms with van der Waals surface area (Å²) >= 11 is 0. The molecule has 1 saturated heterocycles. The van der Waals surface area contributed by atoms with Crippen LogP contribution in [0.5, 0.6) is 23.0 Å². The van der Waals surface area contributed by atoms with Crippen molar-refractivity contribution in [1.82, 2.24) is 14.9 Å². The van der Waals surface area contributed by atoms with Crippen LogP contribution < -0.4 is 24.3 Å². The fourth-order valence-corrected chi connectivity index (χ4v) is 5.77. The Hall–Kier alpha value is -3.54. The average molecular weight is 575 g/mol. The summed E-state index contributed by atoms with van der Waals surface area (Å²) in [7, 11) is 0.663. The molecular formula is C27H31FN4O7S. The first-order chi connectivity index (χ1) is 19.4. The van der Waals surface area contributed by atoms with E-state index in [2.05, 4.69) is 32.0 Å². The fraction of sp³-hybridized carbons (Fsp3) is 0.407. The molecule has 5 rings (SSSR count). The molecule has 0 spiro atoms. The van der Waals surface area contributed by atoms with Crippen molar-refractivity contribution in [3.8, 4) is 34.8 Å². The van der Waals surface area contributed by atoms with E-state index in [9.17, 15) is 9.11 Å². The number of benzene rings is 2. The average Bonchev–Trinajstić information content (AvgIpc) is 3.44. The molecule has 214 valence electrons. The predicted octanol–water partition coefficient (Wildman–Crippen LogP) is 4.08. The second-order valence-electron chi connectivity index (χ2n) is 9.20. The van der Waals surface area contributed by atoms with Crippen LogP contribution in [-0.4, -0.2) is 89.3 Å². The van der Waals surface area contributed by atoms with Gasteiger partial charge in [0.05, 0.1) is 36.3 Å². The maximum Gasteiger partial charge on any atom is 0.231 e. The number of hydrogen-bond donors (Lipinski definition) is 3. The Labute approximate surface area is 232 Å². The van der Waals surface area contributed by atoms with Crippen LogP contribution in [0.3, 0.4) is 0 Å². The standard InChI is InChI=1S/C27H31FN4O7S/c1-35-9-3-5-18-13-20(28)24(26-25(18)38-17-39-26)31-27-19-14-22(36-2)23(15-21(19)29-16-30-27)37-10-4-6-32-7-11-40(33,34)12-8-32/h13-16,33-34H,4,6-12,17H2,1-2H3,(H,29,30,31). The van der Waals surface area contributed by atoms with Crippen molar-refractivity contribution in [2.45, 2.75) is 6.42 Å². The van der Waals surface area contributed by atoms with E-state index in [1.807, 2.05) is 0 Å². The van der Waals surface area contributed by atoms with Crippen LogP contribution in [0.15, 0.2) is 24.5 Å². The van der Waals surface area contributed by atoms with Gasteiger partial charge >= 0.3 is 0 Å². The van der Waals surface area contributed by atoms with Crippen LogP contribution in [0.25, 0.3) is 10.9 Å². The third kappa shape index (κ3) is 6.27. The van der Waals surface area contributed by atoms with E-state index < -0.39 is 16.4 Å². The Morgan fingerprint density at radius 1 is 1.10 bits per heavy atom. The molecule has 2 aromatic carbocycles. The molecule has 2 aliphatic heterocycles. The quantitative estimate of drug-likeness (QED) is 0.253. The molecule has 1 aromatic heterocycles. The number of anilines is 2. The number of ether oxygens (including phenoxy) is 5. The Morgan fingerprint density at radius 3 is 2.67 bits per heavy atom. The van der Waals surface area contributed by atoms with E-state index in [-0.39, 0.29) is 24.8 Å². The molecule has 0 atom stereocenters. The maximum absolute atomic E-state index is 15.2. The monoisotopic (exact) mass is 574 g/mol. The van der Waals surface area contributed by atoms with E-state index >= 15 is 4.39 Å². The lowest BCUT2D eigenvalue weighted by molar-refractivity contribution is 0.174. The number of nitrogens with one attached hydrogen (secondary N) is 1. The summed E-state index contributed by atoms with van der Waals surface area (Å²) in [4.78, 5) is 10.9. The Kier molecular flexibility index (Phi) is 8.63. The number of fused-ring (bicyclic) bond motifs is 2. The van der Waals surface area contributed by atoms with Crippen molar-refractivity contribution >= 4 is 33.0 Å². The summed E-state index contributed by atoms with van der Waals surface area (Å²) < 4.78 is 62.5. The largest absolute Gasteiger partial charge is 0.493 e. The number of methoxy groups -OCH3 is 2. The van der Waals surface area contributed by atoms with Crippen molar-refractivity contribution in [3.63, 3.8) is 0 Å². The van der Waals surface area contributed by atoms with Crippen LogP contribution in [0.1, 0.15) is 12.0 Å². The van der Waals surface area contributed by atoms with Gasteiger partial charge in [-0.2, -0.15) is 10.6 Å². The molecule has 13 heteroatoms. The van der Waals surface area contributed by atoms with Gasteiger partial charge in [-0.3, -0.25) is 9.11 Å². The molecular weight excluding hydrogens is 543 g/mol. The van der Waals surface area contributed by atoms with E-state index in [0.717, 1.165) is 13.0 Å². The molecule has 0 saturated carbocycles. The molecule has 3 N–H and O–H groups in total. The first kappa shape index (κ1) is 28.0. The van der Waals surface area contributed by atoms with Crippen molar-refractivity contribution in [2.75, 3.05) is 70.7 Å². The van der Waals surface area contributed by atoms with Gasteiger partial charge in [0.25, 0.3) is 0 Å². The zero-order valence-corrected chi connectivity index (χ0v) is 23.1. The van der Waals surface area contributed by atoms with E-state index in [0.29, 0.717) is 70.7 Å². The summed E-state index contributed by atoms with van der Waals surface area (Å²) in [5, 5.41) is 3.63. The van der Waals surface area contributed by atoms with E-state index in [4.69, 9.17) is 23.7 Å². The summed E-state index contributed by atoms with van der Waals surface area (Å²) in [6.07, 6.45) is 2.14. The maximum atomic E-state index is 15.2. The van der Waals surface area contributed by atoms with Crippen LogP contribution in [-0.2, 0) is 4.74 Å². The van der Waals surface area contributed by atoms with Crippen LogP contribution >= 0.6 is 10.6 Å². The minimum atomic E-state index is -2.40. The Bertz CT molecular complexity index is 1440. The third-order valence-corrected chi connectivity index (χ3v) is 8.22. The highest BCUT2D eigenvalue weighted by Gasteiger charge is 2.26. The zero-order valence-electron chi connectivity index (χ0n) is 22.2. The van der Waals surface area contributed by atoms with E-state index in [1.54, 1.807) is 12.1 Å². The Morgan fingerprint density at radius 2 is 1.90 bits per heavy atom. The van der Waals surface area contributed by atoms with Crippen molar-refractivity contribution < 1.29 is 37.2 Å². The summed E-state index contributed by atoms with van der Waals surface area (Å²) in [6, 6.07) is 4.78. The van der Waals surface area contributed by atoms with Crippen LogP contribution in [0.2, 0.25) is 0 Å². The number of hydrogen-bond acceptors (Lipinski definition) is 11. The van der Waals surface area contributed by atoms with Gasteiger partial charge in [-0.1, -0.05) is 11.8 Å². The predicted molar refractivity (Wildman–Crippen MR) is 150 cm³/mol. The Balaban J connectivity index is 1.33. The molecule has 0 unspecified atom stereocenters. The van der Waals surface area contributed by atoms with Gasteiger partial charge in [0, 0.05) is 38.2 Å². The highest BCUT2D eigenvalue weighted by molar-refractivity contribution is 8.24. The van der Waals surface area contributed by atoms with Crippen LogP contribution in [0.4, 0.5) is 15.9 Å². The second-order valence-corrected chi connectivity index (χ2v) is 11.6. The lowest BCUT2D eigenvalue weighted by atomic mass is 10.1. The van der Waals surface area contributed by atoms with Gasteiger partial charge in [0.1, 0.15) is 24.4 Å². The van der Waals surface area contributed by atoms with Gasteiger partial charge in [-0.25, -0.2) is 14.4 Å². The molecule has 0 bridgehead atoms. The number of aromatic nitrogens is 2. The molecule has 0 amide bonds. The molecule has 0 radical (unpaired) electrons. The van der Waals surface area contributed by atoms with Gasteiger partial charge in [-0.15, -0.1) is 0 Å². The highest BCUT2D eigenvalue weighted by atomic mass is 32.3. The molecule has 3 aromatic rings. The lowest BCUT2D eigenvalue weighted by Crippen LogP contribution is -2.39. The zero-order chi connectivity index (χ0) is 28.1. The van der Waals surface area contributed by atoms with Gasteiger partial charge in [-0.05, 0) is 18.6 Å². The lowest BCUT2D eigenvalue weighted by Gasteiger charge is -2.40. The van der Waals surface area contributed by atoms with Gasteiger partial charge in [0.2, 0.25) is 6.79 Å². The smallest absolute Gasteiger partial charge is 0.231 e. The molecule has 2 aliphatic rings. The fourth-order valence-electron chi connectivity index (χ4n) is 4.46. The molecule has 3 heterocycles. The number of halogens is 1. The van der Waals surface area contributed by atoms with Crippen molar-refractivity contribution in [3.05, 3.63) is 35.9 Å². The number of rotatable bonds is 9. The second kappa shape index (κ2) is 12.3. The molecule has 0 aliphatic carbocycles. The first-order valence-electron chi connectivity index (χ1n) is 12.7. The third-order valence-electron chi connectivity index (χ3n) is 6.54. The summed E-state index contributed by atoms with van der Waals surface area (Å²) in [6.45, 7) is 2.71. The van der Waals surface area contributed by atoms with Crippen molar-refractivity contribution in [1.29, 1.82) is 0 Å². The van der Waals surface area contributed by atoms with Crippen molar-refractivity contribution in [2.24, 2.45) is 0 Å². The normalized spacial score (nSPS) is 16.7. The SMILES string of the molecule is COCC#Cc1cc(F)c(Nc2ncnc3cc(OCCCN4CCS(O)(O)CC4)c(OC)cc23)c2c1OCO2. The van der Waals surface area contributed by atoms with Crippen LogP contribution in [0, 0.1) is 17.7 Å². The van der Waals surface area contributed by atoms with Gasteiger partial charge < -0.3 is 33.9 Å². The molecule has 11 nitrogen and oxygen atoms in total. The topological polar surface area (TPSA) is 128 Å². The number of nitrogens with zero attached hydrogens (tertiary/aromatic N) is 3. The van der Waals surface area contributed by atoms with Gasteiger partial charge in [0.15, 0.2) is 28.8 Å². The molecule has 1 fully saturated rings. The highest BCUT2D eigenvalue weighted by Crippen LogP contribution is 2.45. The first-order valence-corrected chi connectivity index (χ1v) is 14.6. The van der Waals surface area contributed by atoms with E-state index in [1.165, 1.54) is 26.6 Å². The molecule has 40 heavy (non-hydrogen) atoms. The minimum Gasteiger partial charge on any atom is -0.493 e. The minimum absolute atomic E-state index is 0.0616.